The van der Waals surface area contributed by atoms with Gasteiger partial charge in [0, 0.05) is 24.4 Å². The van der Waals surface area contributed by atoms with Gasteiger partial charge in [0.15, 0.2) is 0 Å². The summed E-state index contributed by atoms with van der Waals surface area (Å²) in [5.41, 5.74) is 2.51. The van der Waals surface area contributed by atoms with Crippen LogP contribution in [0.1, 0.15) is 26.5 Å². The van der Waals surface area contributed by atoms with Gasteiger partial charge < -0.3 is 5.32 Å². The Bertz CT molecular complexity index is 959. The smallest absolute Gasteiger partial charge is 0.287 e. The lowest BCUT2D eigenvalue weighted by Crippen LogP contribution is -2.33. The molecule has 0 radical (unpaired) electrons. The van der Waals surface area contributed by atoms with E-state index in [4.69, 9.17) is 5.84 Å². The summed E-state index contributed by atoms with van der Waals surface area (Å²) in [5.74, 6) is 4.78. The van der Waals surface area contributed by atoms with Gasteiger partial charge in [-0.3, -0.25) is 24.6 Å². The maximum atomic E-state index is 12.4. The average Bonchev–Trinajstić information content (AvgIpc) is 2.72. The number of rotatable bonds is 5. The molecule has 136 valence electrons. The van der Waals surface area contributed by atoms with E-state index in [9.17, 15) is 9.59 Å². The van der Waals surface area contributed by atoms with E-state index in [-0.39, 0.29) is 11.6 Å². The van der Waals surface area contributed by atoms with Gasteiger partial charge in [-0.25, -0.2) is 10.8 Å². The monoisotopic (exact) mass is 362 g/mol. The predicted molar refractivity (Wildman–Crippen MR) is 99.2 cm³/mol. The summed E-state index contributed by atoms with van der Waals surface area (Å²) in [7, 11) is 1.43. The molecule has 0 unspecified atom stereocenters. The van der Waals surface area contributed by atoms with E-state index < -0.39 is 5.91 Å². The number of nitrogens with two attached hydrogens (primary N) is 1. The van der Waals surface area contributed by atoms with Gasteiger partial charge in [-0.1, -0.05) is 18.2 Å². The Hall–Kier alpha value is -3.65. The molecule has 0 aliphatic heterocycles. The second-order valence-electron chi connectivity index (χ2n) is 5.79. The van der Waals surface area contributed by atoms with Crippen molar-refractivity contribution in [1.82, 2.24) is 25.3 Å². The van der Waals surface area contributed by atoms with Crippen LogP contribution in [-0.4, -0.2) is 38.8 Å². The zero-order valence-corrected chi connectivity index (χ0v) is 14.7. The molecule has 0 atom stereocenters. The molecule has 0 saturated carbocycles. The Morgan fingerprint density at radius 2 is 2.00 bits per heavy atom. The standard InChI is InChI=1S/C19H18N6O2/c1-25(20)19(27)17-12-21-11-16(24-17)13-5-4-6-14(9-13)18(26)23-10-15-7-2-3-8-22-15/h2-9,11-12H,10,20H2,1H3,(H,23,26). The highest BCUT2D eigenvalue weighted by atomic mass is 16.2. The lowest BCUT2D eigenvalue weighted by molar-refractivity contribution is 0.0788. The van der Waals surface area contributed by atoms with Crippen LogP contribution in [0.25, 0.3) is 11.3 Å². The lowest BCUT2D eigenvalue weighted by Gasteiger charge is -2.10. The van der Waals surface area contributed by atoms with Gasteiger partial charge in [0.05, 0.1) is 30.3 Å². The van der Waals surface area contributed by atoms with Gasteiger partial charge in [-0.2, -0.15) is 0 Å². The van der Waals surface area contributed by atoms with Crippen molar-refractivity contribution in [2.45, 2.75) is 6.54 Å². The number of hydrogen-bond acceptors (Lipinski definition) is 6. The number of carbonyl (C=O) groups excluding carboxylic acids is 2. The molecular formula is C19H18N6O2. The second-order valence-corrected chi connectivity index (χ2v) is 5.79. The minimum atomic E-state index is -0.450. The zero-order valence-electron chi connectivity index (χ0n) is 14.7. The molecule has 27 heavy (non-hydrogen) atoms. The van der Waals surface area contributed by atoms with Crippen LogP contribution in [0.4, 0.5) is 0 Å². The highest BCUT2D eigenvalue weighted by molar-refractivity contribution is 5.95. The summed E-state index contributed by atoms with van der Waals surface area (Å²) in [5, 5.41) is 3.76. The van der Waals surface area contributed by atoms with E-state index >= 15 is 0 Å². The summed E-state index contributed by atoms with van der Waals surface area (Å²) in [6, 6.07) is 12.4. The molecule has 0 bridgehead atoms. The molecule has 1 aromatic carbocycles. The van der Waals surface area contributed by atoms with Crippen molar-refractivity contribution in [2.75, 3.05) is 7.05 Å². The van der Waals surface area contributed by atoms with Gasteiger partial charge >= 0.3 is 0 Å². The summed E-state index contributed by atoms with van der Waals surface area (Å²) in [6.45, 7) is 0.330. The van der Waals surface area contributed by atoms with Crippen LogP contribution in [0.2, 0.25) is 0 Å². The van der Waals surface area contributed by atoms with Crippen molar-refractivity contribution in [3.05, 3.63) is 78.0 Å². The maximum Gasteiger partial charge on any atom is 0.287 e. The van der Waals surface area contributed by atoms with Gasteiger partial charge in [-0.15, -0.1) is 0 Å². The molecule has 3 aromatic rings. The van der Waals surface area contributed by atoms with E-state index in [0.717, 1.165) is 10.7 Å². The van der Waals surface area contributed by atoms with Crippen LogP contribution >= 0.6 is 0 Å². The predicted octanol–water partition coefficient (Wildman–Crippen LogP) is 1.41. The summed E-state index contributed by atoms with van der Waals surface area (Å²) in [6.07, 6.45) is 4.55. The van der Waals surface area contributed by atoms with Gasteiger partial charge in [0.25, 0.3) is 11.8 Å². The third-order valence-electron chi connectivity index (χ3n) is 3.75. The number of benzene rings is 1. The largest absolute Gasteiger partial charge is 0.346 e. The highest BCUT2D eigenvalue weighted by Crippen LogP contribution is 2.18. The number of hydrazine groups is 1. The van der Waals surface area contributed by atoms with Crippen molar-refractivity contribution in [3.8, 4) is 11.3 Å². The molecule has 3 rings (SSSR count). The van der Waals surface area contributed by atoms with Gasteiger partial charge in [-0.05, 0) is 24.3 Å². The third kappa shape index (κ3) is 4.50. The number of nitrogens with one attached hydrogen (secondary N) is 1. The molecule has 8 nitrogen and oxygen atoms in total. The number of pyridine rings is 1. The van der Waals surface area contributed by atoms with Crippen molar-refractivity contribution in [3.63, 3.8) is 0 Å². The number of hydrogen-bond donors (Lipinski definition) is 2. The molecular weight excluding hydrogens is 344 g/mol. The van der Waals surface area contributed by atoms with Crippen molar-refractivity contribution in [2.24, 2.45) is 5.84 Å². The molecule has 0 spiro atoms. The van der Waals surface area contributed by atoms with Crippen LogP contribution in [0.3, 0.4) is 0 Å². The summed E-state index contributed by atoms with van der Waals surface area (Å²) >= 11 is 0. The molecule has 0 aliphatic rings. The van der Waals surface area contributed by atoms with Gasteiger partial charge in [0.1, 0.15) is 5.69 Å². The minimum Gasteiger partial charge on any atom is -0.346 e. The molecule has 2 aromatic heterocycles. The first-order valence-corrected chi connectivity index (χ1v) is 8.18. The third-order valence-corrected chi connectivity index (χ3v) is 3.75. The lowest BCUT2D eigenvalue weighted by atomic mass is 10.1. The molecule has 2 amide bonds. The minimum absolute atomic E-state index is 0.127. The van der Waals surface area contributed by atoms with Gasteiger partial charge in [0.2, 0.25) is 0 Å². The fraction of sp³-hybridized carbons (Fsp3) is 0.105. The molecule has 0 saturated heterocycles. The molecule has 0 fully saturated rings. The van der Waals surface area contributed by atoms with Crippen molar-refractivity contribution in [1.29, 1.82) is 0 Å². The topological polar surface area (TPSA) is 114 Å². The number of aromatic nitrogens is 3. The first kappa shape index (κ1) is 18.2. The highest BCUT2D eigenvalue weighted by Gasteiger charge is 2.13. The van der Waals surface area contributed by atoms with Crippen molar-refractivity contribution < 1.29 is 9.59 Å². The van der Waals surface area contributed by atoms with E-state index in [1.54, 1.807) is 30.5 Å². The van der Waals surface area contributed by atoms with E-state index in [1.807, 2.05) is 18.2 Å². The molecule has 2 heterocycles. The Kier molecular flexibility index (Phi) is 5.48. The van der Waals surface area contributed by atoms with E-state index in [2.05, 4.69) is 20.3 Å². The quantitative estimate of drug-likeness (QED) is 0.403. The van der Waals surface area contributed by atoms with Crippen LogP contribution in [0, 0.1) is 0 Å². The first-order valence-electron chi connectivity index (χ1n) is 8.18. The molecule has 0 aliphatic carbocycles. The Labute approximate surface area is 156 Å². The normalized spacial score (nSPS) is 10.3. The van der Waals surface area contributed by atoms with Crippen LogP contribution < -0.4 is 11.2 Å². The second kappa shape index (κ2) is 8.15. The summed E-state index contributed by atoms with van der Waals surface area (Å²) in [4.78, 5) is 36.9. The zero-order chi connectivity index (χ0) is 19.2. The Morgan fingerprint density at radius 1 is 1.15 bits per heavy atom. The van der Waals surface area contributed by atoms with E-state index in [0.29, 0.717) is 23.4 Å². The maximum absolute atomic E-state index is 12.4. The number of nitrogens with zero attached hydrogens (tertiary/aromatic N) is 4. The first-order chi connectivity index (χ1) is 13.0. The van der Waals surface area contributed by atoms with Crippen LogP contribution in [0.5, 0.6) is 0 Å². The fourth-order valence-corrected chi connectivity index (χ4v) is 2.38. The van der Waals surface area contributed by atoms with Crippen LogP contribution in [0.15, 0.2) is 61.1 Å². The molecule has 3 N–H and O–H groups in total. The summed E-state index contributed by atoms with van der Waals surface area (Å²) < 4.78 is 0. The fourth-order valence-electron chi connectivity index (χ4n) is 2.38. The number of carbonyl (C=O) groups is 2. The molecule has 8 heteroatoms. The van der Waals surface area contributed by atoms with E-state index in [1.165, 1.54) is 19.4 Å². The average molecular weight is 362 g/mol. The van der Waals surface area contributed by atoms with Crippen molar-refractivity contribution >= 4 is 11.8 Å². The Morgan fingerprint density at radius 3 is 2.74 bits per heavy atom. The number of amides is 2. The van der Waals surface area contributed by atoms with Crippen LogP contribution in [-0.2, 0) is 6.54 Å². The SMILES string of the molecule is CN(N)C(=O)c1cncc(-c2cccc(C(=O)NCc3ccccn3)c2)n1. The Balaban J connectivity index is 1.78.